The molecule has 3 aliphatic heterocycles. The van der Waals surface area contributed by atoms with E-state index in [0.29, 0.717) is 47.9 Å². The third kappa shape index (κ3) is 4.78. The number of ether oxygens (including phenoxy) is 3. The monoisotopic (exact) mass is 626 g/mol. The third-order valence-electron chi connectivity index (χ3n) is 10.8. The normalized spacial score (nSPS) is 37.0. The number of hydrogen-bond donors (Lipinski definition) is 1. The maximum Gasteiger partial charge on any atom is 0.264 e. The number of anilines is 1. The van der Waals surface area contributed by atoms with E-state index >= 15 is 0 Å². The first kappa shape index (κ1) is 29.1. The highest BCUT2D eigenvalue weighted by atomic mass is 35.5. The van der Waals surface area contributed by atoms with Gasteiger partial charge in [-0.05, 0) is 90.3 Å². The van der Waals surface area contributed by atoms with Gasteiger partial charge in [0, 0.05) is 24.6 Å². The van der Waals surface area contributed by atoms with E-state index in [-0.39, 0.29) is 28.9 Å². The van der Waals surface area contributed by atoms with Crippen molar-refractivity contribution in [1.82, 2.24) is 4.72 Å². The number of amides is 1. The molecule has 1 amide bonds. The number of carbonyl (C=O) groups is 1. The summed E-state index contributed by atoms with van der Waals surface area (Å²) in [5.41, 5.74) is 2.17. The lowest BCUT2D eigenvalue weighted by Crippen LogP contribution is -2.69. The van der Waals surface area contributed by atoms with Gasteiger partial charge in [0.2, 0.25) is 5.91 Å². The van der Waals surface area contributed by atoms with Crippen molar-refractivity contribution in [3.8, 4) is 5.75 Å². The molecule has 5 atom stereocenters. The highest BCUT2D eigenvalue weighted by Gasteiger charge is 2.67. The summed E-state index contributed by atoms with van der Waals surface area (Å²) in [6.07, 6.45) is 7.87. The Morgan fingerprint density at radius 2 is 1.93 bits per heavy atom. The van der Waals surface area contributed by atoms with Crippen molar-refractivity contribution in [3.05, 3.63) is 64.7 Å². The average Bonchev–Trinajstić information content (AvgIpc) is 3.10. The van der Waals surface area contributed by atoms with Crippen molar-refractivity contribution in [2.24, 2.45) is 29.1 Å². The summed E-state index contributed by atoms with van der Waals surface area (Å²) in [5.74, 6) is 0.528. The van der Waals surface area contributed by atoms with E-state index in [1.807, 2.05) is 25.1 Å². The molecule has 0 saturated heterocycles. The quantitative estimate of drug-likeness (QED) is 0.441. The van der Waals surface area contributed by atoms with Gasteiger partial charge >= 0.3 is 0 Å². The van der Waals surface area contributed by atoms with E-state index in [1.54, 1.807) is 26.2 Å². The fraction of sp³-hybridized carbons (Fsp3) is 0.545. The lowest BCUT2D eigenvalue weighted by atomic mass is 9.36. The highest BCUT2D eigenvalue weighted by molar-refractivity contribution is 7.90. The van der Waals surface area contributed by atoms with E-state index in [9.17, 15) is 13.2 Å². The van der Waals surface area contributed by atoms with Crippen molar-refractivity contribution in [3.63, 3.8) is 0 Å². The van der Waals surface area contributed by atoms with Crippen LogP contribution in [0.15, 0.2) is 53.4 Å². The van der Waals surface area contributed by atoms with E-state index in [4.69, 9.17) is 25.8 Å². The Kier molecular flexibility index (Phi) is 7.12. The maximum atomic E-state index is 13.5. The first-order chi connectivity index (χ1) is 20.5. The number of nitrogens with one attached hydrogen (secondary N) is 1. The van der Waals surface area contributed by atoms with Gasteiger partial charge in [0.1, 0.15) is 18.0 Å². The molecule has 0 aromatic heterocycles. The minimum atomic E-state index is -4.11. The Labute approximate surface area is 258 Å². The molecule has 3 heterocycles. The van der Waals surface area contributed by atoms with Gasteiger partial charge in [-0.2, -0.15) is 0 Å². The summed E-state index contributed by atoms with van der Waals surface area (Å²) in [6.45, 7) is 5.78. The predicted molar refractivity (Wildman–Crippen MR) is 164 cm³/mol. The van der Waals surface area contributed by atoms with E-state index in [2.05, 4.69) is 21.8 Å². The van der Waals surface area contributed by atoms with Gasteiger partial charge in [0.15, 0.2) is 0 Å². The summed E-state index contributed by atoms with van der Waals surface area (Å²) in [6, 6.07) is 10.8. The molecule has 3 aliphatic carbocycles. The molecule has 230 valence electrons. The molecule has 10 heteroatoms. The molecule has 6 aliphatic rings. The second kappa shape index (κ2) is 10.5. The van der Waals surface area contributed by atoms with Gasteiger partial charge in [-0.3, -0.25) is 4.79 Å². The van der Waals surface area contributed by atoms with Crippen LogP contribution in [0.5, 0.6) is 5.75 Å². The summed E-state index contributed by atoms with van der Waals surface area (Å²) >= 11 is 6.38. The zero-order valence-electron chi connectivity index (χ0n) is 24.8. The summed E-state index contributed by atoms with van der Waals surface area (Å²) in [4.78, 5) is 15.4. The predicted octanol–water partition coefficient (Wildman–Crippen LogP) is 5.09. The van der Waals surface area contributed by atoms with Crippen molar-refractivity contribution >= 4 is 33.2 Å². The standard InChI is InChI=1S/C33H39ClN2O6S/c1-20-5-4-6-29(40-3)30-23-15-32(30,16-23)17-36-18-33(26-9-7-24(34)13-22(26)11-12-42-33)19-41-28-10-8-25(14-27(28)36)43(38,39)35-31(37)21(20)2/h4,6-10,13-14,20-21,23,29-30H,5,11-12,15-19H2,1-3H3,(H,35,37)/b6-4+/t20-,21+,23?,29-,30-,32?,33+/m0/s1. The smallest absolute Gasteiger partial charge is 0.264 e. The zero-order valence-corrected chi connectivity index (χ0v) is 26.4. The first-order valence-electron chi connectivity index (χ1n) is 15.2. The number of hydrogen-bond acceptors (Lipinski definition) is 7. The third-order valence-corrected chi connectivity index (χ3v) is 12.4. The van der Waals surface area contributed by atoms with Gasteiger partial charge in [0.05, 0.1) is 29.8 Å². The maximum absolute atomic E-state index is 13.5. The van der Waals surface area contributed by atoms with Gasteiger partial charge in [-0.15, -0.1) is 0 Å². The lowest BCUT2D eigenvalue weighted by molar-refractivity contribution is -0.222. The van der Waals surface area contributed by atoms with Crippen molar-refractivity contribution < 1.29 is 27.4 Å². The number of carbonyl (C=O) groups excluding carboxylic acids is 1. The van der Waals surface area contributed by atoms with Crippen molar-refractivity contribution in [2.75, 3.05) is 38.3 Å². The second-order valence-corrected chi connectivity index (χ2v) is 15.4. The molecule has 43 heavy (non-hydrogen) atoms. The van der Waals surface area contributed by atoms with Gasteiger partial charge in [0.25, 0.3) is 10.0 Å². The van der Waals surface area contributed by atoms with Crippen LogP contribution in [-0.4, -0.2) is 53.8 Å². The topological polar surface area (TPSA) is 94.2 Å². The zero-order chi connectivity index (χ0) is 30.1. The molecule has 0 unspecified atom stereocenters. The van der Waals surface area contributed by atoms with E-state index < -0.39 is 27.4 Å². The van der Waals surface area contributed by atoms with Crippen LogP contribution in [0.2, 0.25) is 5.02 Å². The van der Waals surface area contributed by atoms with Crippen LogP contribution in [0.1, 0.15) is 44.2 Å². The first-order valence-corrected chi connectivity index (χ1v) is 17.1. The summed E-state index contributed by atoms with van der Waals surface area (Å²) < 4.78 is 48.5. The van der Waals surface area contributed by atoms with E-state index in [1.165, 1.54) is 6.07 Å². The molecule has 3 saturated carbocycles. The van der Waals surface area contributed by atoms with Crippen molar-refractivity contribution in [2.45, 2.75) is 56.1 Å². The average molecular weight is 627 g/mol. The number of sulfonamides is 1. The number of fused-ring (bicyclic) bond motifs is 3. The molecule has 8 rings (SSSR count). The van der Waals surface area contributed by atoms with Gasteiger partial charge in [-0.25, -0.2) is 13.1 Å². The molecule has 4 bridgehead atoms. The van der Waals surface area contributed by atoms with Crippen LogP contribution in [0.25, 0.3) is 0 Å². The molecule has 0 radical (unpaired) electrons. The van der Waals surface area contributed by atoms with Crippen LogP contribution >= 0.6 is 11.6 Å². The number of nitrogens with zero attached hydrogens (tertiary/aromatic N) is 1. The Balaban J connectivity index is 1.34. The Hall–Kier alpha value is -2.59. The molecule has 2 spiro atoms. The Bertz CT molecular complexity index is 1590. The SMILES string of the molecule is CO[C@H]1/C=C/C[C@H](C)[C@@H](C)C(=O)NS(=O)(=O)c2ccc3c(c2)N(CC24CC(C2)[C@@H]14)C[C@]1(CO3)OCCc2cc(Cl)ccc21. The molecular formula is C33H39ClN2O6S. The van der Waals surface area contributed by atoms with Crippen LogP contribution in [0.3, 0.4) is 0 Å². The number of benzene rings is 2. The molecule has 2 aromatic rings. The molecule has 3 fully saturated rings. The van der Waals surface area contributed by atoms with Crippen LogP contribution in [0, 0.1) is 29.1 Å². The molecule has 1 N–H and O–H groups in total. The minimum Gasteiger partial charge on any atom is -0.488 e. The minimum absolute atomic E-state index is 0.0195. The van der Waals surface area contributed by atoms with Gasteiger partial charge in [-0.1, -0.05) is 43.7 Å². The molecule has 2 aromatic carbocycles. The lowest BCUT2D eigenvalue weighted by Gasteiger charge is -2.71. The Morgan fingerprint density at radius 3 is 2.67 bits per heavy atom. The fourth-order valence-corrected chi connectivity index (χ4v) is 9.42. The van der Waals surface area contributed by atoms with Crippen LogP contribution < -0.4 is 14.4 Å². The second-order valence-electron chi connectivity index (χ2n) is 13.3. The highest BCUT2D eigenvalue weighted by Crippen LogP contribution is 2.71. The molecule has 8 nitrogen and oxygen atoms in total. The van der Waals surface area contributed by atoms with E-state index in [0.717, 1.165) is 36.9 Å². The van der Waals surface area contributed by atoms with Crippen molar-refractivity contribution in [1.29, 1.82) is 0 Å². The molecular weight excluding hydrogens is 588 g/mol. The van der Waals surface area contributed by atoms with Gasteiger partial charge < -0.3 is 19.1 Å². The number of allylic oxidation sites excluding steroid dienone is 1. The number of rotatable bonds is 1. The van der Waals surface area contributed by atoms with Crippen LogP contribution in [-0.2, 0) is 36.3 Å². The summed E-state index contributed by atoms with van der Waals surface area (Å²) in [7, 11) is -2.33. The largest absolute Gasteiger partial charge is 0.488 e. The summed E-state index contributed by atoms with van der Waals surface area (Å²) in [5, 5.41) is 0.689. The van der Waals surface area contributed by atoms with Crippen LogP contribution in [0.4, 0.5) is 5.69 Å². The number of halogens is 1. The fourth-order valence-electron chi connectivity index (χ4n) is 8.15. The number of methoxy groups -OCH3 is 1. The Morgan fingerprint density at radius 1 is 1.12 bits per heavy atom.